The molecule has 0 spiro atoms. The van der Waals surface area contributed by atoms with Crippen LogP contribution in [0.2, 0.25) is 0 Å². The maximum Gasteiger partial charge on any atom is 0.0636 e. The summed E-state index contributed by atoms with van der Waals surface area (Å²) in [4.78, 5) is 0. The maximum absolute atomic E-state index is 9.08. The fraction of sp³-hybridized carbons (Fsp3) is 1.00. The van der Waals surface area contributed by atoms with Crippen LogP contribution in [0.1, 0.15) is 46.5 Å². The van der Waals surface area contributed by atoms with E-state index in [0.717, 1.165) is 6.54 Å². The van der Waals surface area contributed by atoms with Crippen molar-refractivity contribution in [2.45, 2.75) is 58.6 Å². The highest BCUT2D eigenvalue weighted by molar-refractivity contribution is 4.66. The molecule has 1 atom stereocenters. The predicted octanol–water partition coefficient (Wildman–Crippen LogP) is 1.93. The van der Waals surface area contributed by atoms with E-state index in [2.05, 4.69) is 19.2 Å². The third-order valence-corrected chi connectivity index (χ3v) is 1.98. The summed E-state index contributed by atoms with van der Waals surface area (Å²) in [7, 11) is 0. The highest BCUT2D eigenvalue weighted by atomic mass is 16.3. The molecule has 0 rings (SSSR count). The van der Waals surface area contributed by atoms with Gasteiger partial charge in [0.15, 0.2) is 0 Å². The Bertz CT molecular complexity index is 87.8. The summed E-state index contributed by atoms with van der Waals surface area (Å²) < 4.78 is 0. The summed E-state index contributed by atoms with van der Waals surface area (Å²) in [6.45, 7) is 6.95. The molecule has 2 heteroatoms. The van der Waals surface area contributed by atoms with Crippen LogP contribution in [0.25, 0.3) is 0 Å². The van der Waals surface area contributed by atoms with Gasteiger partial charge < -0.3 is 10.4 Å². The quantitative estimate of drug-likeness (QED) is 0.616. The van der Waals surface area contributed by atoms with Crippen molar-refractivity contribution in [3.05, 3.63) is 0 Å². The summed E-state index contributed by atoms with van der Waals surface area (Å²) >= 11 is 0. The van der Waals surface area contributed by atoms with Gasteiger partial charge in [0.25, 0.3) is 0 Å². The van der Waals surface area contributed by atoms with Crippen molar-refractivity contribution in [3.63, 3.8) is 0 Å². The van der Waals surface area contributed by atoms with Crippen LogP contribution in [-0.2, 0) is 0 Å². The second-order valence-electron chi connectivity index (χ2n) is 3.53. The van der Waals surface area contributed by atoms with Crippen LogP contribution in [0, 0.1) is 0 Å². The van der Waals surface area contributed by atoms with Gasteiger partial charge in [0.05, 0.1) is 6.10 Å². The third-order valence-electron chi connectivity index (χ3n) is 1.98. The fourth-order valence-corrected chi connectivity index (χ4v) is 1.38. The Morgan fingerprint density at radius 1 is 1.17 bits per heavy atom. The van der Waals surface area contributed by atoms with Gasteiger partial charge in [-0.2, -0.15) is 0 Å². The average molecular weight is 173 g/mol. The molecule has 2 nitrogen and oxygen atoms in total. The average Bonchev–Trinajstić information content (AvgIpc) is 2.01. The second kappa shape index (κ2) is 7.56. The van der Waals surface area contributed by atoms with Crippen molar-refractivity contribution < 1.29 is 5.11 Å². The monoisotopic (exact) mass is 173 g/mol. The normalized spacial score (nSPS) is 13.8. The predicted molar refractivity (Wildman–Crippen MR) is 53.3 cm³/mol. The minimum absolute atomic E-state index is 0.221. The maximum atomic E-state index is 9.08. The largest absolute Gasteiger partial charge is 0.392 e. The van der Waals surface area contributed by atoms with Crippen LogP contribution in [0.5, 0.6) is 0 Å². The molecule has 74 valence electrons. The van der Waals surface area contributed by atoms with Gasteiger partial charge in [-0.3, -0.25) is 0 Å². The minimum atomic E-state index is -0.221. The zero-order valence-corrected chi connectivity index (χ0v) is 8.64. The first-order valence-corrected chi connectivity index (χ1v) is 5.12. The Labute approximate surface area is 76.4 Å². The standard InChI is InChI=1S/C10H23NO/c1-4-6-10(7-5-2)11-8-9(3)12/h9-12H,4-8H2,1-3H3. The second-order valence-corrected chi connectivity index (χ2v) is 3.53. The summed E-state index contributed by atoms with van der Waals surface area (Å²) in [6, 6.07) is 0.606. The van der Waals surface area contributed by atoms with Crippen LogP contribution in [0.4, 0.5) is 0 Å². The SMILES string of the molecule is CCCC(CCC)NCC(C)O. The molecule has 0 aliphatic carbocycles. The lowest BCUT2D eigenvalue weighted by atomic mass is 10.1. The molecular formula is C10H23NO. The molecule has 0 aromatic heterocycles. The number of rotatable bonds is 7. The highest BCUT2D eigenvalue weighted by Gasteiger charge is 2.06. The Kier molecular flexibility index (Phi) is 7.51. The molecule has 0 fully saturated rings. The minimum Gasteiger partial charge on any atom is -0.392 e. The van der Waals surface area contributed by atoms with E-state index in [1.54, 1.807) is 0 Å². The molecular weight excluding hydrogens is 150 g/mol. The number of aliphatic hydroxyl groups is 1. The van der Waals surface area contributed by atoms with Gasteiger partial charge in [-0.15, -0.1) is 0 Å². The van der Waals surface area contributed by atoms with Gasteiger partial charge in [0, 0.05) is 12.6 Å². The topological polar surface area (TPSA) is 32.3 Å². The molecule has 0 heterocycles. The van der Waals surface area contributed by atoms with Crippen LogP contribution >= 0.6 is 0 Å². The zero-order chi connectivity index (χ0) is 9.40. The fourth-order valence-electron chi connectivity index (χ4n) is 1.38. The summed E-state index contributed by atoms with van der Waals surface area (Å²) in [5.41, 5.74) is 0. The lowest BCUT2D eigenvalue weighted by Crippen LogP contribution is -2.34. The number of nitrogens with one attached hydrogen (secondary N) is 1. The van der Waals surface area contributed by atoms with E-state index < -0.39 is 0 Å². The van der Waals surface area contributed by atoms with E-state index in [4.69, 9.17) is 5.11 Å². The van der Waals surface area contributed by atoms with Gasteiger partial charge >= 0.3 is 0 Å². The Balaban J connectivity index is 3.48. The van der Waals surface area contributed by atoms with Gasteiger partial charge in [0.1, 0.15) is 0 Å². The van der Waals surface area contributed by atoms with E-state index >= 15 is 0 Å². The van der Waals surface area contributed by atoms with Crippen molar-refractivity contribution in [1.82, 2.24) is 5.32 Å². The van der Waals surface area contributed by atoms with Crippen molar-refractivity contribution in [2.24, 2.45) is 0 Å². The molecule has 0 radical (unpaired) electrons. The molecule has 0 bridgehead atoms. The van der Waals surface area contributed by atoms with E-state index in [1.165, 1.54) is 25.7 Å². The van der Waals surface area contributed by atoms with Crippen LogP contribution in [0.15, 0.2) is 0 Å². The van der Waals surface area contributed by atoms with Gasteiger partial charge in [-0.05, 0) is 19.8 Å². The summed E-state index contributed by atoms with van der Waals surface area (Å²) in [5.74, 6) is 0. The molecule has 0 aliphatic rings. The van der Waals surface area contributed by atoms with E-state index in [-0.39, 0.29) is 6.10 Å². The molecule has 0 saturated carbocycles. The first-order valence-electron chi connectivity index (χ1n) is 5.12. The van der Waals surface area contributed by atoms with Gasteiger partial charge in [-0.1, -0.05) is 26.7 Å². The third kappa shape index (κ3) is 6.62. The molecule has 0 aromatic rings. The Morgan fingerprint density at radius 3 is 2.00 bits per heavy atom. The van der Waals surface area contributed by atoms with Crippen LogP contribution in [-0.4, -0.2) is 23.8 Å². The molecule has 12 heavy (non-hydrogen) atoms. The number of hydrogen-bond acceptors (Lipinski definition) is 2. The number of hydrogen-bond donors (Lipinski definition) is 2. The lowest BCUT2D eigenvalue weighted by Gasteiger charge is -2.18. The molecule has 2 N–H and O–H groups in total. The van der Waals surface area contributed by atoms with E-state index in [1.807, 2.05) is 6.92 Å². The van der Waals surface area contributed by atoms with Crippen molar-refractivity contribution in [2.75, 3.05) is 6.54 Å². The Morgan fingerprint density at radius 2 is 1.67 bits per heavy atom. The first-order chi connectivity index (χ1) is 5.70. The molecule has 0 aromatic carbocycles. The summed E-state index contributed by atoms with van der Waals surface area (Å²) in [6.07, 6.45) is 4.66. The molecule has 1 unspecified atom stereocenters. The summed E-state index contributed by atoms with van der Waals surface area (Å²) in [5, 5.41) is 12.4. The molecule has 0 amide bonds. The highest BCUT2D eigenvalue weighted by Crippen LogP contribution is 2.03. The number of aliphatic hydroxyl groups excluding tert-OH is 1. The van der Waals surface area contributed by atoms with E-state index in [9.17, 15) is 0 Å². The van der Waals surface area contributed by atoms with Crippen LogP contribution < -0.4 is 5.32 Å². The van der Waals surface area contributed by atoms with E-state index in [0.29, 0.717) is 6.04 Å². The van der Waals surface area contributed by atoms with Crippen LogP contribution in [0.3, 0.4) is 0 Å². The Hall–Kier alpha value is -0.0800. The van der Waals surface area contributed by atoms with Crippen molar-refractivity contribution in [3.8, 4) is 0 Å². The van der Waals surface area contributed by atoms with Crippen molar-refractivity contribution >= 4 is 0 Å². The first kappa shape index (κ1) is 11.9. The zero-order valence-electron chi connectivity index (χ0n) is 8.64. The lowest BCUT2D eigenvalue weighted by molar-refractivity contribution is 0.184. The smallest absolute Gasteiger partial charge is 0.0636 e. The van der Waals surface area contributed by atoms with Crippen molar-refractivity contribution in [1.29, 1.82) is 0 Å². The van der Waals surface area contributed by atoms with Gasteiger partial charge in [0.2, 0.25) is 0 Å². The molecule has 0 aliphatic heterocycles. The van der Waals surface area contributed by atoms with Gasteiger partial charge in [-0.25, -0.2) is 0 Å². The molecule has 0 saturated heterocycles.